The number of carbonyl (C=O) groups is 2. The van der Waals surface area contributed by atoms with Gasteiger partial charge in [-0.3, -0.25) is 14.7 Å². The van der Waals surface area contributed by atoms with Crippen molar-refractivity contribution in [3.8, 4) is 0 Å². The number of amides is 2. The number of aromatic amines is 2. The number of hydrogen-bond acceptors (Lipinski definition) is 3. The molecule has 2 aromatic heterocycles. The summed E-state index contributed by atoms with van der Waals surface area (Å²) >= 11 is 0. The van der Waals surface area contributed by atoms with E-state index in [0.717, 1.165) is 60.8 Å². The Balaban J connectivity index is 1.30. The van der Waals surface area contributed by atoms with Crippen LogP contribution in [0.1, 0.15) is 72.7 Å². The molecule has 162 valence electrons. The van der Waals surface area contributed by atoms with E-state index < -0.39 is 0 Å². The van der Waals surface area contributed by atoms with Crippen molar-refractivity contribution in [3.05, 3.63) is 53.5 Å². The van der Waals surface area contributed by atoms with Crippen molar-refractivity contribution in [2.75, 3.05) is 6.54 Å². The first-order chi connectivity index (χ1) is 15.2. The lowest BCUT2D eigenvalue weighted by molar-refractivity contribution is -0.134. The van der Waals surface area contributed by atoms with Gasteiger partial charge in [-0.15, -0.1) is 0 Å². The van der Waals surface area contributed by atoms with Gasteiger partial charge in [-0.1, -0.05) is 31.0 Å². The van der Waals surface area contributed by atoms with Crippen molar-refractivity contribution >= 4 is 22.7 Å². The maximum absolute atomic E-state index is 13.3. The van der Waals surface area contributed by atoms with E-state index in [4.69, 9.17) is 0 Å². The van der Waals surface area contributed by atoms with Gasteiger partial charge in [-0.2, -0.15) is 5.10 Å². The molecule has 2 fully saturated rings. The monoisotopic (exact) mass is 419 g/mol. The molecular formula is C24H29N5O2. The van der Waals surface area contributed by atoms with Gasteiger partial charge in [0, 0.05) is 29.7 Å². The number of likely N-dealkylation sites (tertiary alicyclic amines) is 1. The molecular weight excluding hydrogens is 390 g/mol. The van der Waals surface area contributed by atoms with Crippen LogP contribution >= 0.6 is 0 Å². The summed E-state index contributed by atoms with van der Waals surface area (Å²) in [6.07, 6.45) is 9.67. The van der Waals surface area contributed by atoms with Gasteiger partial charge in [-0.25, -0.2) is 0 Å². The lowest BCUT2D eigenvalue weighted by Gasteiger charge is -2.35. The van der Waals surface area contributed by atoms with E-state index in [1.807, 2.05) is 41.4 Å². The van der Waals surface area contributed by atoms with E-state index >= 15 is 0 Å². The third kappa shape index (κ3) is 4.09. The molecule has 7 heteroatoms. The number of nitrogens with one attached hydrogen (secondary N) is 3. The number of carbonyl (C=O) groups excluding carboxylic acids is 2. The molecule has 2 amide bonds. The van der Waals surface area contributed by atoms with Gasteiger partial charge in [0.15, 0.2) is 0 Å². The third-order valence-electron chi connectivity index (χ3n) is 6.72. The molecule has 0 bridgehead atoms. The topological polar surface area (TPSA) is 93.9 Å². The molecule has 1 atom stereocenters. The second kappa shape index (κ2) is 8.57. The van der Waals surface area contributed by atoms with Gasteiger partial charge in [0.1, 0.15) is 5.69 Å². The average molecular weight is 420 g/mol. The van der Waals surface area contributed by atoms with Gasteiger partial charge in [-0.05, 0) is 49.8 Å². The molecule has 3 aromatic rings. The number of rotatable bonds is 5. The Bertz CT molecular complexity index is 1080. The Kier molecular flexibility index (Phi) is 5.49. The Labute approximate surface area is 181 Å². The SMILES string of the molecule is O=C(NC1CCCC1)c1cc([C@H]2CCCCN2C(=O)Cc2c[nH]c3ccccc23)[nH]n1. The minimum Gasteiger partial charge on any atom is -0.361 e. The minimum absolute atomic E-state index is 0.0630. The highest BCUT2D eigenvalue weighted by Crippen LogP contribution is 2.31. The number of piperidine rings is 1. The molecule has 2 aliphatic rings. The minimum atomic E-state index is -0.123. The Morgan fingerprint density at radius 2 is 1.90 bits per heavy atom. The number of para-hydroxylation sites is 1. The molecule has 31 heavy (non-hydrogen) atoms. The van der Waals surface area contributed by atoms with Crippen LogP contribution in [-0.4, -0.2) is 44.5 Å². The van der Waals surface area contributed by atoms with Crippen LogP contribution < -0.4 is 5.32 Å². The molecule has 1 aliphatic carbocycles. The standard InChI is InChI=1S/C24H29N5O2/c30-23(13-16-15-25-19-10-4-3-9-18(16)19)29-12-6-5-11-22(29)20-14-21(28-27-20)24(31)26-17-7-1-2-8-17/h3-4,9-10,14-15,17,22,25H,1-2,5-8,11-13H2,(H,26,31)(H,27,28)/t22-/m1/s1. The first kappa shape index (κ1) is 19.8. The quantitative estimate of drug-likeness (QED) is 0.586. The molecule has 7 nitrogen and oxygen atoms in total. The molecule has 1 aliphatic heterocycles. The highest BCUT2D eigenvalue weighted by atomic mass is 16.2. The molecule has 0 radical (unpaired) electrons. The van der Waals surface area contributed by atoms with Crippen molar-refractivity contribution in [2.45, 2.75) is 63.5 Å². The van der Waals surface area contributed by atoms with E-state index in [1.165, 1.54) is 12.8 Å². The van der Waals surface area contributed by atoms with Crippen LogP contribution in [-0.2, 0) is 11.2 Å². The average Bonchev–Trinajstić information content (AvgIpc) is 3.55. The first-order valence-corrected chi connectivity index (χ1v) is 11.4. The summed E-state index contributed by atoms with van der Waals surface area (Å²) in [7, 11) is 0. The Hall–Kier alpha value is -3.09. The van der Waals surface area contributed by atoms with Gasteiger partial charge >= 0.3 is 0 Å². The number of H-pyrrole nitrogens is 2. The molecule has 1 aromatic carbocycles. The zero-order chi connectivity index (χ0) is 21.2. The van der Waals surface area contributed by atoms with Crippen LogP contribution in [0.3, 0.4) is 0 Å². The number of hydrogen-bond donors (Lipinski definition) is 3. The largest absolute Gasteiger partial charge is 0.361 e. The van der Waals surface area contributed by atoms with Crippen LogP contribution in [0.2, 0.25) is 0 Å². The van der Waals surface area contributed by atoms with E-state index in [2.05, 4.69) is 20.5 Å². The summed E-state index contributed by atoms with van der Waals surface area (Å²) in [5.74, 6) is -0.0112. The van der Waals surface area contributed by atoms with Crippen molar-refractivity contribution in [1.82, 2.24) is 25.4 Å². The Morgan fingerprint density at radius 1 is 1.10 bits per heavy atom. The van der Waals surface area contributed by atoms with Crippen molar-refractivity contribution in [3.63, 3.8) is 0 Å². The predicted octanol–water partition coefficient (Wildman–Crippen LogP) is 3.86. The van der Waals surface area contributed by atoms with E-state index in [-0.39, 0.29) is 23.9 Å². The fraction of sp³-hybridized carbons (Fsp3) is 0.458. The summed E-state index contributed by atoms with van der Waals surface area (Å²) in [4.78, 5) is 31.0. The normalized spacial score (nSPS) is 19.7. The second-order valence-corrected chi connectivity index (χ2v) is 8.80. The zero-order valence-electron chi connectivity index (χ0n) is 17.7. The second-order valence-electron chi connectivity index (χ2n) is 8.80. The fourth-order valence-electron chi connectivity index (χ4n) is 5.05. The highest BCUT2D eigenvalue weighted by molar-refractivity contribution is 5.92. The van der Waals surface area contributed by atoms with E-state index in [1.54, 1.807) is 0 Å². The van der Waals surface area contributed by atoms with Crippen LogP contribution in [0.4, 0.5) is 0 Å². The molecule has 1 saturated carbocycles. The van der Waals surface area contributed by atoms with E-state index in [0.29, 0.717) is 12.1 Å². The fourth-order valence-corrected chi connectivity index (χ4v) is 5.05. The summed E-state index contributed by atoms with van der Waals surface area (Å²) in [5, 5.41) is 11.5. The lowest BCUT2D eigenvalue weighted by atomic mass is 9.98. The van der Waals surface area contributed by atoms with Crippen LogP contribution in [0.15, 0.2) is 36.5 Å². The number of nitrogens with zero attached hydrogens (tertiary/aromatic N) is 2. The van der Waals surface area contributed by atoms with Crippen LogP contribution in [0.5, 0.6) is 0 Å². The first-order valence-electron chi connectivity index (χ1n) is 11.4. The summed E-state index contributed by atoms with van der Waals surface area (Å²) in [5.41, 5.74) is 3.33. The molecule has 3 heterocycles. The van der Waals surface area contributed by atoms with Gasteiger partial charge in [0.2, 0.25) is 5.91 Å². The molecule has 0 spiro atoms. The van der Waals surface area contributed by atoms with Crippen molar-refractivity contribution < 1.29 is 9.59 Å². The van der Waals surface area contributed by atoms with Crippen molar-refractivity contribution in [2.24, 2.45) is 0 Å². The molecule has 5 rings (SSSR count). The smallest absolute Gasteiger partial charge is 0.271 e. The van der Waals surface area contributed by atoms with E-state index in [9.17, 15) is 9.59 Å². The lowest BCUT2D eigenvalue weighted by Crippen LogP contribution is -2.39. The molecule has 3 N–H and O–H groups in total. The number of benzene rings is 1. The van der Waals surface area contributed by atoms with Crippen molar-refractivity contribution in [1.29, 1.82) is 0 Å². The van der Waals surface area contributed by atoms with Gasteiger partial charge in [0.05, 0.1) is 18.2 Å². The summed E-state index contributed by atoms with van der Waals surface area (Å²) < 4.78 is 0. The molecule has 0 unspecified atom stereocenters. The van der Waals surface area contributed by atoms with Crippen LogP contribution in [0, 0.1) is 0 Å². The maximum atomic E-state index is 13.3. The van der Waals surface area contributed by atoms with Gasteiger partial charge < -0.3 is 15.2 Å². The predicted molar refractivity (Wildman–Crippen MR) is 119 cm³/mol. The maximum Gasteiger partial charge on any atom is 0.271 e. The zero-order valence-corrected chi connectivity index (χ0v) is 17.7. The van der Waals surface area contributed by atoms with Gasteiger partial charge in [0.25, 0.3) is 5.91 Å². The third-order valence-corrected chi connectivity index (χ3v) is 6.72. The summed E-state index contributed by atoms with van der Waals surface area (Å²) in [6.45, 7) is 0.731. The number of fused-ring (bicyclic) bond motifs is 1. The highest BCUT2D eigenvalue weighted by Gasteiger charge is 2.30. The van der Waals surface area contributed by atoms with Crippen LogP contribution in [0.25, 0.3) is 10.9 Å². The molecule has 1 saturated heterocycles. The summed E-state index contributed by atoms with van der Waals surface area (Å²) in [6, 6.07) is 10.1. The number of aromatic nitrogens is 3. The Morgan fingerprint density at radius 3 is 2.77 bits per heavy atom.